The number of sulfone groups is 1. The number of hydrogen-bond donors (Lipinski definition) is 0. The topological polar surface area (TPSA) is 37.4 Å². The minimum absolute atomic E-state index is 0.259. The summed E-state index contributed by atoms with van der Waals surface area (Å²) in [6, 6.07) is 0.726. The van der Waals surface area contributed by atoms with Gasteiger partial charge in [-0.25, -0.2) is 8.42 Å². The Labute approximate surface area is 81.0 Å². The van der Waals surface area contributed by atoms with Gasteiger partial charge in [0, 0.05) is 18.3 Å². The molecule has 1 heterocycles. The van der Waals surface area contributed by atoms with Gasteiger partial charge in [-0.3, -0.25) is 4.90 Å². The first kappa shape index (κ1) is 11.0. The molecule has 0 aromatic carbocycles. The Morgan fingerprint density at radius 2 is 2.08 bits per heavy atom. The Bertz CT molecular complexity index is 259. The maximum Gasteiger partial charge on any atom is 0.148 e. The molecule has 0 aromatic rings. The highest BCUT2D eigenvalue weighted by Crippen LogP contribution is 2.20. The van der Waals surface area contributed by atoms with Gasteiger partial charge in [0.2, 0.25) is 0 Å². The lowest BCUT2D eigenvalue weighted by Gasteiger charge is -2.27. The van der Waals surface area contributed by atoms with Gasteiger partial charge < -0.3 is 0 Å². The monoisotopic (exact) mass is 205 g/mol. The van der Waals surface area contributed by atoms with Gasteiger partial charge in [-0.1, -0.05) is 0 Å². The lowest BCUT2D eigenvalue weighted by molar-refractivity contribution is 0.218. The third-order valence-corrected chi connectivity index (χ3v) is 3.57. The molecule has 0 radical (unpaired) electrons. The van der Waals surface area contributed by atoms with Crippen molar-refractivity contribution in [3.05, 3.63) is 0 Å². The lowest BCUT2D eigenvalue weighted by Crippen LogP contribution is -2.39. The van der Waals surface area contributed by atoms with Gasteiger partial charge in [-0.05, 0) is 33.2 Å². The first-order chi connectivity index (χ1) is 5.90. The normalized spacial score (nSPS) is 25.7. The molecule has 1 saturated heterocycles. The van der Waals surface area contributed by atoms with Crippen LogP contribution in [0.2, 0.25) is 0 Å². The number of likely N-dealkylation sites (tertiary alicyclic amines) is 1. The van der Waals surface area contributed by atoms with E-state index >= 15 is 0 Å². The Morgan fingerprint density at radius 1 is 1.46 bits per heavy atom. The van der Waals surface area contributed by atoms with E-state index < -0.39 is 9.84 Å². The second-order valence-electron chi connectivity index (χ2n) is 4.22. The third-order valence-electron chi connectivity index (χ3n) is 2.58. The molecular weight excluding hydrogens is 186 g/mol. The molecule has 1 unspecified atom stereocenters. The van der Waals surface area contributed by atoms with Crippen molar-refractivity contribution >= 4 is 9.84 Å². The van der Waals surface area contributed by atoms with E-state index in [2.05, 4.69) is 18.7 Å². The van der Waals surface area contributed by atoms with Crippen LogP contribution in [0.25, 0.3) is 0 Å². The van der Waals surface area contributed by atoms with Crippen molar-refractivity contribution in [1.82, 2.24) is 4.90 Å². The summed E-state index contributed by atoms with van der Waals surface area (Å²) in [6.45, 7) is 5.30. The van der Waals surface area contributed by atoms with Crippen LogP contribution in [0.3, 0.4) is 0 Å². The van der Waals surface area contributed by atoms with Crippen molar-refractivity contribution in [1.29, 1.82) is 0 Å². The minimum atomic E-state index is -2.82. The van der Waals surface area contributed by atoms with Crippen molar-refractivity contribution in [2.24, 2.45) is 0 Å². The molecule has 0 amide bonds. The standard InChI is InChI=1S/C9H19NO2S/c1-8(2)10-6-4-5-9(10)7-13(3,11)12/h8-9H,4-7H2,1-3H3. The van der Waals surface area contributed by atoms with Crippen LogP contribution >= 0.6 is 0 Å². The van der Waals surface area contributed by atoms with Crippen LogP contribution in [0.4, 0.5) is 0 Å². The summed E-state index contributed by atoms with van der Waals surface area (Å²) in [6.07, 6.45) is 3.49. The van der Waals surface area contributed by atoms with Crippen LogP contribution in [0, 0.1) is 0 Å². The summed E-state index contributed by atoms with van der Waals surface area (Å²) in [7, 11) is -2.82. The second-order valence-corrected chi connectivity index (χ2v) is 6.40. The fourth-order valence-corrected chi connectivity index (χ4v) is 3.12. The highest BCUT2D eigenvalue weighted by atomic mass is 32.2. The van der Waals surface area contributed by atoms with E-state index in [4.69, 9.17) is 0 Å². The van der Waals surface area contributed by atoms with Gasteiger partial charge in [-0.2, -0.15) is 0 Å². The third kappa shape index (κ3) is 3.27. The maximum atomic E-state index is 11.1. The smallest absolute Gasteiger partial charge is 0.148 e. The quantitative estimate of drug-likeness (QED) is 0.687. The Kier molecular flexibility index (Phi) is 3.35. The van der Waals surface area contributed by atoms with E-state index in [9.17, 15) is 8.42 Å². The van der Waals surface area contributed by atoms with Crippen LogP contribution in [0.1, 0.15) is 26.7 Å². The van der Waals surface area contributed by atoms with Crippen LogP contribution in [-0.4, -0.2) is 44.0 Å². The Hall–Kier alpha value is -0.0900. The average Bonchev–Trinajstić information content (AvgIpc) is 2.31. The van der Waals surface area contributed by atoms with Crippen LogP contribution < -0.4 is 0 Å². The fourth-order valence-electron chi connectivity index (χ4n) is 2.07. The second kappa shape index (κ2) is 3.96. The molecule has 78 valence electrons. The van der Waals surface area contributed by atoms with E-state index in [1.807, 2.05) is 0 Å². The fraction of sp³-hybridized carbons (Fsp3) is 1.00. The molecule has 1 rings (SSSR count). The molecule has 1 aliphatic heterocycles. The molecule has 0 saturated carbocycles. The first-order valence-electron chi connectivity index (χ1n) is 4.83. The largest absolute Gasteiger partial charge is 0.297 e. The summed E-state index contributed by atoms with van der Waals surface area (Å²) >= 11 is 0. The number of rotatable bonds is 3. The summed E-state index contributed by atoms with van der Waals surface area (Å²) < 4.78 is 22.3. The summed E-state index contributed by atoms with van der Waals surface area (Å²) in [5.41, 5.74) is 0. The van der Waals surface area contributed by atoms with E-state index in [0.29, 0.717) is 11.8 Å². The van der Waals surface area contributed by atoms with Crippen molar-refractivity contribution in [2.45, 2.75) is 38.8 Å². The first-order valence-corrected chi connectivity index (χ1v) is 6.89. The van der Waals surface area contributed by atoms with Gasteiger partial charge in [0.1, 0.15) is 9.84 Å². The van der Waals surface area contributed by atoms with E-state index in [1.54, 1.807) is 0 Å². The lowest BCUT2D eigenvalue weighted by atomic mass is 10.2. The molecular formula is C9H19NO2S. The van der Waals surface area contributed by atoms with E-state index in [1.165, 1.54) is 6.26 Å². The molecule has 0 spiro atoms. The molecule has 3 nitrogen and oxygen atoms in total. The van der Waals surface area contributed by atoms with Gasteiger partial charge in [0.05, 0.1) is 5.75 Å². The molecule has 0 bridgehead atoms. The molecule has 1 atom stereocenters. The minimum Gasteiger partial charge on any atom is -0.297 e. The predicted molar refractivity (Wildman–Crippen MR) is 54.6 cm³/mol. The van der Waals surface area contributed by atoms with E-state index in [-0.39, 0.29) is 6.04 Å². The molecule has 1 fully saturated rings. The van der Waals surface area contributed by atoms with E-state index in [0.717, 1.165) is 19.4 Å². The number of hydrogen-bond acceptors (Lipinski definition) is 3. The van der Waals surface area contributed by atoms with Crippen LogP contribution in [0.5, 0.6) is 0 Å². The van der Waals surface area contributed by atoms with Crippen molar-refractivity contribution < 1.29 is 8.42 Å². The van der Waals surface area contributed by atoms with Gasteiger partial charge in [-0.15, -0.1) is 0 Å². The predicted octanol–water partition coefficient (Wildman–Crippen LogP) is 0.904. The van der Waals surface area contributed by atoms with Crippen molar-refractivity contribution in [3.8, 4) is 0 Å². The van der Waals surface area contributed by atoms with Crippen LogP contribution in [-0.2, 0) is 9.84 Å². The molecule has 0 aliphatic carbocycles. The molecule has 0 N–H and O–H groups in total. The van der Waals surface area contributed by atoms with Crippen LogP contribution in [0.15, 0.2) is 0 Å². The molecule has 1 aliphatic rings. The van der Waals surface area contributed by atoms with Crippen molar-refractivity contribution in [3.63, 3.8) is 0 Å². The Balaban J connectivity index is 2.59. The van der Waals surface area contributed by atoms with Gasteiger partial charge in [0.15, 0.2) is 0 Å². The Morgan fingerprint density at radius 3 is 2.54 bits per heavy atom. The summed E-state index contributed by atoms with van der Waals surface area (Å²) in [4.78, 5) is 2.29. The zero-order valence-corrected chi connectivity index (χ0v) is 9.47. The highest BCUT2D eigenvalue weighted by Gasteiger charge is 2.28. The molecule has 0 aromatic heterocycles. The average molecular weight is 205 g/mol. The molecule has 13 heavy (non-hydrogen) atoms. The molecule has 4 heteroatoms. The van der Waals surface area contributed by atoms with Crippen molar-refractivity contribution in [2.75, 3.05) is 18.6 Å². The zero-order valence-electron chi connectivity index (χ0n) is 8.66. The van der Waals surface area contributed by atoms with Gasteiger partial charge in [0.25, 0.3) is 0 Å². The summed E-state index contributed by atoms with van der Waals surface area (Å²) in [5, 5.41) is 0. The maximum absolute atomic E-state index is 11.1. The van der Waals surface area contributed by atoms with Gasteiger partial charge >= 0.3 is 0 Å². The zero-order chi connectivity index (χ0) is 10.1. The highest BCUT2D eigenvalue weighted by molar-refractivity contribution is 7.90. The number of nitrogens with zero attached hydrogens (tertiary/aromatic N) is 1. The SMILES string of the molecule is CC(C)N1CCCC1CS(C)(=O)=O. The summed E-state index contributed by atoms with van der Waals surface area (Å²) in [5.74, 6) is 0.325.